The van der Waals surface area contributed by atoms with Crippen molar-refractivity contribution in [2.45, 2.75) is 13.1 Å². The molecule has 5 rings (SSSR count). The third-order valence-electron chi connectivity index (χ3n) is 4.82. The molecular formula is C22H16N4O4. The first-order valence-corrected chi connectivity index (χ1v) is 9.33. The van der Waals surface area contributed by atoms with Crippen LogP contribution in [0.15, 0.2) is 91.5 Å². The van der Waals surface area contributed by atoms with Gasteiger partial charge in [-0.3, -0.25) is 13.9 Å². The fraction of sp³-hybridized carbons (Fsp3) is 0.0909. The van der Waals surface area contributed by atoms with E-state index in [1.54, 1.807) is 36.4 Å². The molecule has 0 atom stereocenters. The van der Waals surface area contributed by atoms with E-state index in [4.69, 9.17) is 8.94 Å². The first-order chi connectivity index (χ1) is 14.7. The summed E-state index contributed by atoms with van der Waals surface area (Å²) in [6, 6.07) is 19.8. The maximum Gasteiger partial charge on any atom is 0.332 e. The van der Waals surface area contributed by atoms with Gasteiger partial charge in [-0.2, -0.15) is 4.98 Å². The number of nitrogens with zero attached hydrogens (tertiary/aromatic N) is 4. The molecule has 148 valence electrons. The van der Waals surface area contributed by atoms with E-state index >= 15 is 0 Å². The fourth-order valence-electron chi connectivity index (χ4n) is 3.38. The molecule has 0 unspecified atom stereocenters. The van der Waals surface area contributed by atoms with Crippen LogP contribution >= 0.6 is 0 Å². The Hall–Kier alpha value is -4.20. The summed E-state index contributed by atoms with van der Waals surface area (Å²) in [5.74, 6) is 1.22. The summed E-state index contributed by atoms with van der Waals surface area (Å²) in [5, 5.41) is 4.43. The Morgan fingerprint density at radius 3 is 2.43 bits per heavy atom. The summed E-state index contributed by atoms with van der Waals surface area (Å²) < 4.78 is 13.3. The molecule has 0 aliphatic rings. The second kappa shape index (κ2) is 7.32. The van der Waals surface area contributed by atoms with E-state index in [0.717, 1.165) is 10.1 Å². The van der Waals surface area contributed by atoms with Crippen LogP contribution in [0.1, 0.15) is 11.7 Å². The Labute approximate surface area is 169 Å². The number of hydrogen-bond donors (Lipinski definition) is 0. The minimum Gasteiger partial charge on any atom is -0.467 e. The number of hydrogen-bond acceptors (Lipinski definition) is 6. The molecule has 2 aromatic carbocycles. The van der Waals surface area contributed by atoms with Crippen LogP contribution in [0, 0.1) is 0 Å². The molecule has 0 aliphatic carbocycles. The summed E-state index contributed by atoms with van der Waals surface area (Å²) >= 11 is 0. The summed E-state index contributed by atoms with van der Waals surface area (Å²) in [7, 11) is 0. The minimum absolute atomic E-state index is 0.0363. The van der Waals surface area contributed by atoms with Crippen LogP contribution in [-0.2, 0) is 13.1 Å². The van der Waals surface area contributed by atoms with Crippen molar-refractivity contribution in [3.63, 3.8) is 0 Å². The van der Waals surface area contributed by atoms with Gasteiger partial charge in [0, 0.05) is 5.56 Å². The first-order valence-electron chi connectivity index (χ1n) is 9.33. The lowest BCUT2D eigenvalue weighted by Gasteiger charge is -2.12. The molecule has 5 aromatic rings. The normalized spacial score (nSPS) is 11.2. The van der Waals surface area contributed by atoms with Gasteiger partial charge >= 0.3 is 5.69 Å². The third kappa shape index (κ3) is 3.14. The Bertz CT molecular complexity index is 1430. The Morgan fingerprint density at radius 1 is 0.833 bits per heavy atom. The molecular weight excluding hydrogens is 384 g/mol. The third-order valence-corrected chi connectivity index (χ3v) is 4.82. The molecule has 0 N–H and O–H groups in total. The fourth-order valence-corrected chi connectivity index (χ4v) is 3.38. The van der Waals surface area contributed by atoms with E-state index in [1.807, 2.05) is 30.3 Å². The van der Waals surface area contributed by atoms with Gasteiger partial charge < -0.3 is 8.94 Å². The molecule has 30 heavy (non-hydrogen) atoms. The Morgan fingerprint density at radius 2 is 1.63 bits per heavy atom. The van der Waals surface area contributed by atoms with Crippen LogP contribution in [0.4, 0.5) is 0 Å². The molecule has 0 fully saturated rings. The first kappa shape index (κ1) is 17.9. The molecule has 0 radical (unpaired) electrons. The topological polar surface area (TPSA) is 96.1 Å². The zero-order valence-electron chi connectivity index (χ0n) is 15.8. The lowest BCUT2D eigenvalue weighted by Crippen LogP contribution is -2.40. The van der Waals surface area contributed by atoms with Crippen molar-refractivity contribution >= 4 is 10.9 Å². The van der Waals surface area contributed by atoms with Gasteiger partial charge in [0.15, 0.2) is 0 Å². The van der Waals surface area contributed by atoms with Gasteiger partial charge in [-0.15, -0.1) is 0 Å². The van der Waals surface area contributed by atoms with E-state index in [0.29, 0.717) is 22.5 Å². The number of para-hydroxylation sites is 1. The van der Waals surface area contributed by atoms with Crippen molar-refractivity contribution in [1.29, 1.82) is 0 Å². The predicted molar refractivity (Wildman–Crippen MR) is 109 cm³/mol. The zero-order valence-corrected chi connectivity index (χ0v) is 15.8. The average molecular weight is 400 g/mol. The highest BCUT2D eigenvalue weighted by atomic mass is 16.5. The molecule has 8 nitrogen and oxygen atoms in total. The average Bonchev–Trinajstić information content (AvgIpc) is 3.47. The molecule has 0 aliphatic heterocycles. The van der Waals surface area contributed by atoms with Crippen molar-refractivity contribution in [2.24, 2.45) is 0 Å². The molecule has 0 spiro atoms. The van der Waals surface area contributed by atoms with E-state index in [1.165, 1.54) is 10.8 Å². The smallest absolute Gasteiger partial charge is 0.332 e. The van der Waals surface area contributed by atoms with Crippen molar-refractivity contribution in [3.8, 4) is 11.4 Å². The zero-order chi connectivity index (χ0) is 20.5. The standard InChI is InChI=1S/C22H16N4O4/c27-21-17-10-4-5-11-18(17)25(22(28)26(21)13-16-9-6-12-29-16)14-19-23-20(24-30-19)15-7-2-1-3-8-15/h1-12H,13-14H2. The van der Waals surface area contributed by atoms with E-state index < -0.39 is 5.69 Å². The van der Waals surface area contributed by atoms with Crippen LogP contribution in [0.2, 0.25) is 0 Å². The summed E-state index contributed by atoms with van der Waals surface area (Å²) in [6.45, 7) is 0.0756. The molecule has 0 amide bonds. The van der Waals surface area contributed by atoms with Gasteiger partial charge in [0.2, 0.25) is 11.7 Å². The SMILES string of the molecule is O=c1c2ccccc2n(Cc2nc(-c3ccccc3)no2)c(=O)n1Cc1ccco1. The second-order valence-corrected chi connectivity index (χ2v) is 6.73. The summed E-state index contributed by atoms with van der Waals surface area (Å²) in [6.07, 6.45) is 1.50. The molecule has 3 aromatic heterocycles. The number of rotatable bonds is 5. The van der Waals surface area contributed by atoms with Crippen molar-refractivity contribution in [1.82, 2.24) is 19.3 Å². The van der Waals surface area contributed by atoms with Crippen LogP contribution in [0.5, 0.6) is 0 Å². The highest BCUT2D eigenvalue weighted by Crippen LogP contribution is 2.16. The van der Waals surface area contributed by atoms with E-state index in [-0.39, 0.29) is 24.5 Å². The van der Waals surface area contributed by atoms with Crippen LogP contribution < -0.4 is 11.2 Å². The molecule has 0 saturated heterocycles. The lowest BCUT2D eigenvalue weighted by molar-refractivity contribution is 0.369. The molecule has 3 heterocycles. The number of furan rings is 1. The highest BCUT2D eigenvalue weighted by molar-refractivity contribution is 5.77. The second-order valence-electron chi connectivity index (χ2n) is 6.73. The minimum atomic E-state index is -0.477. The molecule has 0 bridgehead atoms. The van der Waals surface area contributed by atoms with Gasteiger partial charge in [0.1, 0.15) is 12.3 Å². The number of benzene rings is 2. The molecule has 8 heteroatoms. The maximum absolute atomic E-state index is 13.2. The quantitative estimate of drug-likeness (QED) is 0.450. The Balaban J connectivity index is 1.61. The summed E-state index contributed by atoms with van der Waals surface area (Å²) in [5.41, 5.74) is 0.462. The van der Waals surface area contributed by atoms with Crippen molar-refractivity contribution in [2.75, 3.05) is 0 Å². The monoisotopic (exact) mass is 400 g/mol. The van der Waals surface area contributed by atoms with Crippen molar-refractivity contribution < 1.29 is 8.94 Å². The highest BCUT2D eigenvalue weighted by Gasteiger charge is 2.17. The van der Waals surface area contributed by atoms with Crippen molar-refractivity contribution in [3.05, 3.63) is 105 Å². The molecule has 0 saturated carbocycles. The lowest BCUT2D eigenvalue weighted by atomic mass is 10.2. The summed E-state index contributed by atoms with van der Waals surface area (Å²) in [4.78, 5) is 30.5. The van der Waals surface area contributed by atoms with Crippen LogP contribution in [-0.4, -0.2) is 19.3 Å². The largest absolute Gasteiger partial charge is 0.467 e. The predicted octanol–water partition coefficient (Wildman–Crippen LogP) is 2.90. The Kier molecular flexibility index (Phi) is 4.36. The maximum atomic E-state index is 13.2. The van der Waals surface area contributed by atoms with Gasteiger partial charge in [0.25, 0.3) is 5.56 Å². The van der Waals surface area contributed by atoms with Gasteiger partial charge in [-0.1, -0.05) is 47.6 Å². The van der Waals surface area contributed by atoms with Crippen LogP contribution in [0.3, 0.4) is 0 Å². The number of fused-ring (bicyclic) bond motifs is 1. The van der Waals surface area contributed by atoms with Crippen LogP contribution in [0.25, 0.3) is 22.3 Å². The number of aromatic nitrogens is 4. The van der Waals surface area contributed by atoms with E-state index in [9.17, 15) is 9.59 Å². The van der Waals surface area contributed by atoms with Gasteiger partial charge in [-0.05, 0) is 24.3 Å². The van der Waals surface area contributed by atoms with E-state index in [2.05, 4.69) is 10.1 Å². The van der Waals surface area contributed by atoms with Gasteiger partial charge in [-0.25, -0.2) is 4.79 Å². The van der Waals surface area contributed by atoms with Gasteiger partial charge in [0.05, 0.1) is 23.7 Å².